The van der Waals surface area contributed by atoms with Crippen molar-refractivity contribution in [3.63, 3.8) is 0 Å². The molecule has 9 nitrogen and oxygen atoms in total. The quantitative estimate of drug-likeness (QED) is 0.135. The molecular formula is C36H38F2O9S2. The SMILES string of the molecule is CC(C)(C)OC(=O)COc1cccc(OCC(=O)OC(C)(C)C)c1S(OS(=O)(=O)c1ccc(F)cc1F)(c1ccccc1)c1ccccc1. The average molecular weight is 717 g/mol. The van der Waals surface area contributed by atoms with Crippen LogP contribution in [0, 0.1) is 11.6 Å². The van der Waals surface area contributed by atoms with Crippen LogP contribution in [0.5, 0.6) is 11.5 Å². The summed E-state index contributed by atoms with van der Waals surface area (Å²) in [4.78, 5) is 25.3. The maximum Gasteiger partial charge on any atom is 0.344 e. The van der Waals surface area contributed by atoms with Crippen molar-refractivity contribution in [2.45, 2.75) is 72.3 Å². The molecule has 13 heteroatoms. The molecule has 0 N–H and O–H groups in total. The van der Waals surface area contributed by atoms with Crippen LogP contribution >= 0.6 is 10.3 Å². The molecule has 0 aliphatic rings. The molecule has 0 atom stereocenters. The molecule has 0 radical (unpaired) electrons. The zero-order chi connectivity index (χ0) is 36.0. The van der Waals surface area contributed by atoms with Crippen LogP contribution in [0.25, 0.3) is 0 Å². The van der Waals surface area contributed by atoms with Gasteiger partial charge in [0.25, 0.3) is 0 Å². The molecule has 262 valence electrons. The molecule has 49 heavy (non-hydrogen) atoms. The standard InChI is InChI=1S/C36H38F2O9S2/c1-35(2,3)45-32(39)23-43-29-18-13-19-30(44-24-33(40)46-36(4,5)6)34(29)48(26-14-9-7-10-15-26,27-16-11-8-12-17-27)47-49(41,42)31-21-20-25(37)22-28(31)38/h7-22H,23-24H2,1-6H3. The van der Waals surface area contributed by atoms with Crippen LogP contribution in [0.15, 0.2) is 117 Å². The normalized spacial score (nSPS) is 12.6. The first kappa shape index (κ1) is 37.4. The second-order valence-electron chi connectivity index (χ2n) is 12.6. The van der Waals surface area contributed by atoms with Gasteiger partial charge in [-0.25, -0.2) is 22.0 Å². The Labute approximate surface area is 286 Å². The van der Waals surface area contributed by atoms with E-state index in [0.29, 0.717) is 15.9 Å². The lowest BCUT2D eigenvalue weighted by Gasteiger charge is -2.40. The Hall–Kier alpha value is -4.46. The zero-order valence-electron chi connectivity index (χ0n) is 27.9. The number of halogens is 2. The van der Waals surface area contributed by atoms with Gasteiger partial charge in [0.15, 0.2) is 13.2 Å². The van der Waals surface area contributed by atoms with Crippen molar-refractivity contribution in [2.75, 3.05) is 13.2 Å². The fraction of sp³-hybridized carbons (Fsp3) is 0.278. The zero-order valence-corrected chi connectivity index (χ0v) is 29.5. The highest BCUT2D eigenvalue weighted by Gasteiger charge is 2.43. The third-order valence-corrected chi connectivity index (χ3v) is 11.5. The van der Waals surface area contributed by atoms with E-state index < -0.39 is 73.3 Å². The van der Waals surface area contributed by atoms with Gasteiger partial charge in [-0.05, 0) is 100 Å². The van der Waals surface area contributed by atoms with Crippen LogP contribution in [0.4, 0.5) is 8.78 Å². The Kier molecular flexibility index (Phi) is 11.4. The van der Waals surface area contributed by atoms with E-state index in [1.807, 2.05) is 0 Å². The van der Waals surface area contributed by atoms with Gasteiger partial charge in [0.05, 0.1) is 0 Å². The van der Waals surface area contributed by atoms with Crippen LogP contribution in [0.2, 0.25) is 0 Å². The minimum atomic E-state index is -5.05. The van der Waals surface area contributed by atoms with E-state index in [2.05, 4.69) is 0 Å². The molecule has 0 aromatic heterocycles. The van der Waals surface area contributed by atoms with Gasteiger partial charge in [-0.15, -0.1) is 0 Å². The first-order chi connectivity index (χ1) is 22.9. The summed E-state index contributed by atoms with van der Waals surface area (Å²) in [7, 11) is -8.65. The summed E-state index contributed by atoms with van der Waals surface area (Å²) < 4.78 is 86.5. The number of hydrogen-bond acceptors (Lipinski definition) is 9. The smallest absolute Gasteiger partial charge is 0.344 e. The highest BCUT2D eigenvalue weighted by atomic mass is 32.3. The molecule has 0 heterocycles. The molecule has 0 amide bonds. The third-order valence-electron chi connectivity index (χ3n) is 6.27. The van der Waals surface area contributed by atoms with E-state index in [4.69, 9.17) is 22.6 Å². The Balaban J connectivity index is 2.03. The molecule has 4 aromatic rings. The monoisotopic (exact) mass is 716 g/mol. The van der Waals surface area contributed by atoms with Crippen LogP contribution in [-0.4, -0.2) is 44.8 Å². The molecule has 0 aliphatic heterocycles. The number of esters is 2. The number of benzene rings is 4. The minimum Gasteiger partial charge on any atom is -0.481 e. The van der Waals surface area contributed by atoms with Crippen molar-refractivity contribution in [3.8, 4) is 11.5 Å². The summed E-state index contributed by atoms with van der Waals surface area (Å²) >= 11 is 0. The van der Waals surface area contributed by atoms with Gasteiger partial charge in [0, 0.05) is 15.9 Å². The predicted octanol–water partition coefficient (Wildman–Crippen LogP) is 8.01. The van der Waals surface area contributed by atoms with E-state index in [0.717, 1.165) is 12.1 Å². The van der Waals surface area contributed by atoms with Gasteiger partial charge in [-0.3, -0.25) is 0 Å². The molecule has 0 saturated carbocycles. The molecule has 4 aromatic carbocycles. The van der Waals surface area contributed by atoms with Gasteiger partial charge in [-0.1, -0.05) is 42.5 Å². The molecule has 0 saturated heterocycles. The Morgan fingerprint density at radius 2 is 1.08 bits per heavy atom. The fourth-order valence-electron chi connectivity index (χ4n) is 4.58. The molecule has 0 spiro atoms. The summed E-state index contributed by atoms with van der Waals surface area (Å²) in [6.45, 7) is 8.94. The van der Waals surface area contributed by atoms with Crippen LogP contribution in [0.1, 0.15) is 41.5 Å². The number of carbonyl (C=O) groups is 2. The van der Waals surface area contributed by atoms with Crippen molar-refractivity contribution in [3.05, 3.63) is 109 Å². The van der Waals surface area contributed by atoms with Gasteiger partial charge >= 0.3 is 22.1 Å². The van der Waals surface area contributed by atoms with Gasteiger partial charge in [0.2, 0.25) is 0 Å². The minimum absolute atomic E-state index is 0.00869. The van der Waals surface area contributed by atoms with E-state index in [1.165, 1.54) is 18.2 Å². The van der Waals surface area contributed by atoms with Crippen LogP contribution in [-0.2, 0) is 32.8 Å². The second kappa shape index (κ2) is 15.0. The summed E-state index contributed by atoms with van der Waals surface area (Å²) in [6, 6.07) is 22.9. The number of rotatable bonds is 12. The van der Waals surface area contributed by atoms with Crippen molar-refractivity contribution < 1.29 is 49.4 Å². The van der Waals surface area contributed by atoms with Crippen molar-refractivity contribution in [1.82, 2.24) is 0 Å². The second-order valence-corrected chi connectivity index (χ2v) is 17.0. The lowest BCUT2D eigenvalue weighted by molar-refractivity contribution is -0.158. The third kappa shape index (κ3) is 9.58. The number of ether oxygens (including phenoxy) is 4. The Bertz CT molecular complexity index is 1800. The summed E-state index contributed by atoms with van der Waals surface area (Å²) in [5.74, 6) is -3.90. The average Bonchev–Trinajstić information content (AvgIpc) is 3.01. The molecule has 0 bridgehead atoms. The maximum absolute atomic E-state index is 15.1. The van der Waals surface area contributed by atoms with Crippen LogP contribution in [0.3, 0.4) is 0 Å². The van der Waals surface area contributed by atoms with Gasteiger partial charge < -0.3 is 18.9 Å². The number of carbonyl (C=O) groups excluding carboxylic acids is 2. The lowest BCUT2D eigenvalue weighted by Crippen LogP contribution is -2.28. The van der Waals surface area contributed by atoms with Crippen molar-refractivity contribution >= 4 is 32.4 Å². The topological polar surface area (TPSA) is 114 Å². The Morgan fingerprint density at radius 1 is 0.633 bits per heavy atom. The highest BCUT2D eigenvalue weighted by Crippen LogP contribution is 2.74. The maximum atomic E-state index is 15.1. The van der Waals surface area contributed by atoms with E-state index in [-0.39, 0.29) is 16.4 Å². The summed E-state index contributed by atoms with van der Waals surface area (Å²) in [5.41, 5.74) is -1.66. The summed E-state index contributed by atoms with van der Waals surface area (Å²) in [5, 5.41) is 0. The Morgan fingerprint density at radius 3 is 1.49 bits per heavy atom. The number of hydrogen-bond donors (Lipinski definition) is 0. The van der Waals surface area contributed by atoms with E-state index in [9.17, 15) is 22.4 Å². The van der Waals surface area contributed by atoms with Gasteiger partial charge in [0.1, 0.15) is 44.1 Å². The predicted molar refractivity (Wildman–Crippen MR) is 179 cm³/mol. The van der Waals surface area contributed by atoms with Crippen molar-refractivity contribution in [1.29, 1.82) is 0 Å². The molecule has 0 fully saturated rings. The van der Waals surface area contributed by atoms with Gasteiger partial charge in [-0.2, -0.15) is 8.42 Å². The first-order valence-electron chi connectivity index (χ1n) is 15.1. The van der Waals surface area contributed by atoms with Crippen LogP contribution < -0.4 is 9.47 Å². The molecule has 0 aliphatic carbocycles. The highest BCUT2D eigenvalue weighted by molar-refractivity contribution is 8.33. The molecule has 4 rings (SSSR count). The first-order valence-corrected chi connectivity index (χ1v) is 18.0. The van der Waals surface area contributed by atoms with E-state index in [1.54, 1.807) is 102 Å². The largest absolute Gasteiger partial charge is 0.481 e. The lowest BCUT2D eigenvalue weighted by atomic mass is 10.2. The fourth-order valence-corrected chi connectivity index (χ4v) is 10.0. The van der Waals surface area contributed by atoms with E-state index >= 15 is 4.39 Å². The molecule has 0 unspecified atom stereocenters. The summed E-state index contributed by atoms with van der Waals surface area (Å²) in [6.07, 6.45) is 0. The molecular weight excluding hydrogens is 679 g/mol. The van der Waals surface area contributed by atoms with Crippen molar-refractivity contribution in [2.24, 2.45) is 0 Å².